The van der Waals surface area contributed by atoms with Crippen molar-refractivity contribution in [3.05, 3.63) is 42.5 Å². The minimum Gasteiger partial charge on any atom is -0.497 e. The molecule has 3 rings (SSSR count). The van der Waals surface area contributed by atoms with Crippen LogP contribution < -0.4 is 9.47 Å². The van der Waals surface area contributed by atoms with Gasteiger partial charge in [-0.15, -0.1) is 11.8 Å². The van der Waals surface area contributed by atoms with Crippen LogP contribution in [0.1, 0.15) is 0 Å². The Bertz CT molecular complexity index is 863. The summed E-state index contributed by atoms with van der Waals surface area (Å²) in [5, 5.41) is 10.0. The summed E-state index contributed by atoms with van der Waals surface area (Å²) < 4.78 is 10.5. The zero-order valence-corrected chi connectivity index (χ0v) is 13.7. The SMILES string of the molecule is COc1ccc(-c2[nH]c3ccc(OC)cc3c2SCC#N)cc1. The molecule has 0 spiro atoms. The Morgan fingerprint density at radius 2 is 1.74 bits per heavy atom. The zero-order valence-electron chi connectivity index (χ0n) is 12.9. The van der Waals surface area contributed by atoms with Crippen molar-refractivity contribution < 1.29 is 9.47 Å². The van der Waals surface area contributed by atoms with E-state index in [0.717, 1.165) is 38.6 Å². The maximum atomic E-state index is 8.95. The number of hydrogen-bond donors (Lipinski definition) is 1. The van der Waals surface area contributed by atoms with Gasteiger partial charge in [0, 0.05) is 15.8 Å². The van der Waals surface area contributed by atoms with Crippen LogP contribution in [0.5, 0.6) is 11.5 Å². The molecular weight excluding hydrogens is 308 g/mol. The molecule has 1 aromatic heterocycles. The molecular formula is C18H16N2O2S. The third-order valence-corrected chi connectivity index (χ3v) is 4.60. The number of thioether (sulfide) groups is 1. The van der Waals surface area contributed by atoms with Crippen molar-refractivity contribution >= 4 is 22.7 Å². The number of fused-ring (bicyclic) bond motifs is 1. The van der Waals surface area contributed by atoms with Gasteiger partial charge in [-0.05, 0) is 48.0 Å². The lowest BCUT2D eigenvalue weighted by Crippen LogP contribution is -1.84. The van der Waals surface area contributed by atoms with E-state index < -0.39 is 0 Å². The molecule has 0 fully saturated rings. The van der Waals surface area contributed by atoms with E-state index in [0.29, 0.717) is 5.75 Å². The average molecular weight is 324 g/mol. The van der Waals surface area contributed by atoms with Crippen molar-refractivity contribution in [1.82, 2.24) is 4.98 Å². The maximum Gasteiger partial charge on any atom is 0.119 e. The fraction of sp³-hybridized carbons (Fsp3) is 0.167. The van der Waals surface area contributed by atoms with Crippen LogP contribution in [0.2, 0.25) is 0 Å². The Hall–Kier alpha value is -2.58. The highest BCUT2D eigenvalue weighted by Gasteiger charge is 2.14. The number of aromatic nitrogens is 1. The number of nitriles is 1. The molecule has 0 amide bonds. The molecule has 0 radical (unpaired) electrons. The average Bonchev–Trinajstić information content (AvgIpc) is 2.97. The van der Waals surface area contributed by atoms with Crippen LogP contribution in [-0.2, 0) is 0 Å². The summed E-state index contributed by atoms with van der Waals surface area (Å²) in [5.41, 5.74) is 3.09. The van der Waals surface area contributed by atoms with Gasteiger partial charge in [0.15, 0.2) is 0 Å². The smallest absolute Gasteiger partial charge is 0.119 e. The highest BCUT2D eigenvalue weighted by molar-refractivity contribution is 7.99. The Morgan fingerprint density at radius 3 is 2.39 bits per heavy atom. The van der Waals surface area contributed by atoms with Crippen LogP contribution in [0.3, 0.4) is 0 Å². The second-order valence-electron chi connectivity index (χ2n) is 4.92. The van der Waals surface area contributed by atoms with E-state index in [1.54, 1.807) is 14.2 Å². The summed E-state index contributed by atoms with van der Waals surface area (Å²) in [5.74, 6) is 2.02. The van der Waals surface area contributed by atoms with Crippen LogP contribution in [0.25, 0.3) is 22.2 Å². The van der Waals surface area contributed by atoms with E-state index in [1.165, 1.54) is 11.8 Å². The van der Waals surface area contributed by atoms with Gasteiger partial charge in [-0.2, -0.15) is 5.26 Å². The molecule has 0 aliphatic rings. The van der Waals surface area contributed by atoms with Gasteiger partial charge in [-0.3, -0.25) is 0 Å². The second-order valence-corrected chi connectivity index (χ2v) is 5.90. The van der Waals surface area contributed by atoms with Crippen LogP contribution in [0, 0.1) is 11.3 Å². The van der Waals surface area contributed by atoms with Gasteiger partial charge in [-0.1, -0.05) is 0 Å². The maximum absolute atomic E-state index is 8.95. The minimum absolute atomic E-state index is 0.396. The van der Waals surface area contributed by atoms with E-state index in [1.807, 2.05) is 42.5 Å². The molecule has 0 aliphatic heterocycles. The Labute approximate surface area is 139 Å². The molecule has 0 aliphatic carbocycles. The molecule has 0 unspecified atom stereocenters. The van der Waals surface area contributed by atoms with E-state index in [9.17, 15) is 0 Å². The Morgan fingerprint density at radius 1 is 1.04 bits per heavy atom. The van der Waals surface area contributed by atoms with Gasteiger partial charge < -0.3 is 14.5 Å². The third-order valence-electron chi connectivity index (χ3n) is 3.62. The zero-order chi connectivity index (χ0) is 16.2. The van der Waals surface area contributed by atoms with Gasteiger partial charge in [0.25, 0.3) is 0 Å². The Kier molecular flexibility index (Phi) is 4.45. The molecule has 1 N–H and O–H groups in total. The topological polar surface area (TPSA) is 58.0 Å². The number of H-pyrrole nitrogens is 1. The molecule has 23 heavy (non-hydrogen) atoms. The van der Waals surface area contributed by atoms with Crippen molar-refractivity contribution in [2.24, 2.45) is 0 Å². The minimum atomic E-state index is 0.396. The summed E-state index contributed by atoms with van der Waals surface area (Å²) >= 11 is 1.53. The van der Waals surface area contributed by atoms with Crippen molar-refractivity contribution in [3.63, 3.8) is 0 Å². The monoisotopic (exact) mass is 324 g/mol. The number of aromatic amines is 1. The third kappa shape index (κ3) is 2.99. The molecule has 4 nitrogen and oxygen atoms in total. The van der Waals surface area contributed by atoms with Crippen LogP contribution in [-0.4, -0.2) is 25.0 Å². The van der Waals surface area contributed by atoms with Crippen LogP contribution in [0.4, 0.5) is 0 Å². The first kappa shape index (κ1) is 15.3. The number of rotatable bonds is 5. The summed E-state index contributed by atoms with van der Waals surface area (Å²) in [6.45, 7) is 0. The highest BCUT2D eigenvalue weighted by atomic mass is 32.2. The number of hydrogen-bond acceptors (Lipinski definition) is 4. The lowest BCUT2D eigenvalue weighted by Gasteiger charge is -2.05. The number of nitrogens with one attached hydrogen (secondary N) is 1. The van der Waals surface area contributed by atoms with Gasteiger partial charge in [-0.25, -0.2) is 0 Å². The number of benzene rings is 2. The second kappa shape index (κ2) is 6.67. The van der Waals surface area contributed by atoms with Gasteiger partial charge >= 0.3 is 0 Å². The molecule has 0 atom stereocenters. The number of ether oxygens (including phenoxy) is 2. The quantitative estimate of drug-likeness (QED) is 0.704. The van der Waals surface area contributed by atoms with E-state index in [2.05, 4.69) is 11.1 Å². The number of methoxy groups -OCH3 is 2. The lowest BCUT2D eigenvalue weighted by molar-refractivity contribution is 0.415. The van der Waals surface area contributed by atoms with E-state index in [-0.39, 0.29) is 0 Å². The fourth-order valence-corrected chi connectivity index (χ4v) is 3.34. The van der Waals surface area contributed by atoms with Gasteiger partial charge in [0.1, 0.15) is 11.5 Å². The summed E-state index contributed by atoms with van der Waals surface area (Å²) in [7, 11) is 3.30. The van der Waals surface area contributed by atoms with E-state index in [4.69, 9.17) is 14.7 Å². The molecule has 3 aromatic rings. The first-order valence-electron chi connectivity index (χ1n) is 7.10. The largest absolute Gasteiger partial charge is 0.497 e. The summed E-state index contributed by atoms with van der Waals surface area (Å²) in [6, 6.07) is 16.0. The van der Waals surface area contributed by atoms with Crippen LogP contribution in [0.15, 0.2) is 47.4 Å². The van der Waals surface area contributed by atoms with E-state index >= 15 is 0 Å². The van der Waals surface area contributed by atoms with Gasteiger partial charge in [0.05, 0.1) is 31.7 Å². The fourth-order valence-electron chi connectivity index (χ4n) is 2.49. The van der Waals surface area contributed by atoms with Crippen molar-refractivity contribution in [3.8, 4) is 28.8 Å². The highest BCUT2D eigenvalue weighted by Crippen LogP contribution is 2.39. The molecule has 5 heteroatoms. The molecule has 2 aromatic carbocycles. The lowest BCUT2D eigenvalue weighted by atomic mass is 10.1. The molecule has 116 valence electrons. The molecule has 0 saturated heterocycles. The Balaban J connectivity index is 2.15. The van der Waals surface area contributed by atoms with Crippen molar-refractivity contribution in [1.29, 1.82) is 5.26 Å². The van der Waals surface area contributed by atoms with Gasteiger partial charge in [0.2, 0.25) is 0 Å². The normalized spacial score (nSPS) is 10.5. The first-order chi connectivity index (χ1) is 11.3. The van der Waals surface area contributed by atoms with Crippen LogP contribution >= 0.6 is 11.8 Å². The molecule has 0 saturated carbocycles. The number of nitrogens with zero attached hydrogens (tertiary/aromatic N) is 1. The molecule has 1 heterocycles. The predicted octanol–water partition coefficient (Wildman–Crippen LogP) is 4.47. The molecule has 0 bridgehead atoms. The summed E-state index contributed by atoms with van der Waals surface area (Å²) in [4.78, 5) is 4.51. The first-order valence-corrected chi connectivity index (χ1v) is 8.09. The van der Waals surface area contributed by atoms with Crippen molar-refractivity contribution in [2.45, 2.75) is 4.90 Å². The van der Waals surface area contributed by atoms with Crippen molar-refractivity contribution in [2.75, 3.05) is 20.0 Å². The standard InChI is InChI=1S/C18H16N2O2S/c1-21-13-5-3-12(4-6-13)17-18(23-10-9-19)15-11-14(22-2)7-8-16(15)20-17/h3-8,11,20H,10H2,1-2H3. The predicted molar refractivity (Wildman–Crippen MR) is 93.2 cm³/mol. The summed E-state index contributed by atoms with van der Waals surface area (Å²) in [6.07, 6.45) is 0.